The first kappa shape index (κ1) is 22.8. The van der Waals surface area contributed by atoms with Crippen LogP contribution in [-0.2, 0) is 6.54 Å². The van der Waals surface area contributed by atoms with Gasteiger partial charge in [-0.25, -0.2) is 15.0 Å². The van der Waals surface area contributed by atoms with E-state index in [4.69, 9.17) is 0 Å². The summed E-state index contributed by atoms with van der Waals surface area (Å²) in [5.41, 5.74) is 1.98. The number of nitrogens with zero attached hydrogens (tertiary/aromatic N) is 4. The Morgan fingerprint density at radius 2 is 2.00 bits per heavy atom. The highest BCUT2D eigenvalue weighted by Crippen LogP contribution is 2.14. The minimum absolute atomic E-state index is 0. The van der Waals surface area contributed by atoms with Crippen molar-refractivity contribution in [1.29, 1.82) is 0 Å². The lowest BCUT2D eigenvalue weighted by Crippen LogP contribution is -2.38. The first-order valence-corrected chi connectivity index (χ1v) is 9.44. The summed E-state index contributed by atoms with van der Waals surface area (Å²) in [6, 6.07) is 13.6. The number of aliphatic hydroxyl groups is 1. The molecule has 0 radical (unpaired) electrons. The van der Waals surface area contributed by atoms with Crippen LogP contribution >= 0.6 is 24.0 Å². The molecule has 0 fully saturated rings. The van der Waals surface area contributed by atoms with Gasteiger partial charge in [0.05, 0.1) is 12.6 Å². The number of aliphatic hydroxyl groups excluding tert-OH is 1. The highest BCUT2D eigenvalue weighted by molar-refractivity contribution is 14.0. The molecule has 1 unspecified atom stereocenters. The highest BCUT2D eigenvalue weighted by Gasteiger charge is 2.07. The molecule has 3 N–H and O–H groups in total. The van der Waals surface area contributed by atoms with Gasteiger partial charge < -0.3 is 15.7 Å². The monoisotopic (exact) mass is 506 g/mol. The van der Waals surface area contributed by atoms with Crippen LogP contribution in [0.1, 0.15) is 30.6 Å². The number of pyridine rings is 1. The first-order valence-electron chi connectivity index (χ1n) is 9.44. The Morgan fingerprint density at radius 3 is 2.72 bits per heavy atom. The molecule has 2 aromatic heterocycles. The average molecular weight is 506 g/mol. The van der Waals surface area contributed by atoms with Gasteiger partial charge in [0.2, 0.25) is 0 Å². The van der Waals surface area contributed by atoms with Gasteiger partial charge in [0.1, 0.15) is 12.1 Å². The van der Waals surface area contributed by atoms with Crippen molar-refractivity contribution in [2.24, 2.45) is 4.99 Å². The molecule has 0 saturated carbocycles. The molecule has 0 aliphatic carbocycles. The fourth-order valence-electron chi connectivity index (χ4n) is 2.78. The number of hydrogen-bond donors (Lipinski definition) is 3. The number of nitrogens with one attached hydrogen (secondary N) is 2. The van der Waals surface area contributed by atoms with Gasteiger partial charge in [-0.1, -0.05) is 30.3 Å². The summed E-state index contributed by atoms with van der Waals surface area (Å²) in [7, 11) is 0. The third-order valence-corrected chi connectivity index (χ3v) is 4.24. The molecular weight excluding hydrogens is 479 g/mol. The first-order chi connectivity index (χ1) is 13.8. The summed E-state index contributed by atoms with van der Waals surface area (Å²) in [4.78, 5) is 13.0. The van der Waals surface area contributed by atoms with Gasteiger partial charge in [0, 0.05) is 31.7 Å². The fourth-order valence-corrected chi connectivity index (χ4v) is 2.78. The molecule has 0 saturated heterocycles. The number of benzene rings is 1. The van der Waals surface area contributed by atoms with Gasteiger partial charge in [-0.05, 0) is 36.6 Å². The van der Waals surface area contributed by atoms with Gasteiger partial charge in [0.15, 0.2) is 5.96 Å². The number of halogens is 1. The van der Waals surface area contributed by atoms with E-state index in [9.17, 15) is 5.11 Å². The Labute approximate surface area is 188 Å². The summed E-state index contributed by atoms with van der Waals surface area (Å²) in [5.74, 6) is 1.54. The Kier molecular flexibility index (Phi) is 9.58. The van der Waals surface area contributed by atoms with Gasteiger partial charge in [-0.2, -0.15) is 0 Å². The minimum atomic E-state index is -0.491. The van der Waals surface area contributed by atoms with Crippen LogP contribution in [-0.4, -0.2) is 38.7 Å². The summed E-state index contributed by atoms with van der Waals surface area (Å²) in [5, 5.41) is 16.8. The molecule has 0 amide bonds. The summed E-state index contributed by atoms with van der Waals surface area (Å²) < 4.78 is 1.86. The smallest absolute Gasteiger partial charge is 0.191 e. The molecule has 0 aliphatic heterocycles. The second-order valence-electron chi connectivity index (χ2n) is 6.33. The van der Waals surface area contributed by atoms with Crippen LogP contribution in [0.5, 0.6) is 0 Å². The third kappa shape index (κ3) is 7.13. The average Bonchev–Trinajstić information content (AvgIpc) is 3.28. The van der Waals surface area contributed by atoms with Gasteiger partial charge in [-0.15, -0.1) is 24.0 Å². The van der Waals surface area contributed by atoms with E-state index in [1.54, 1.807) is 18.7 Å². The van der Waals surface area contributed by atoms with E-state index in [-0.39, 0.29) is 24.0 Å². The number of guanidine groups is 1. The van der Waals surface area contributed by atoms with E-state index < -0.39 is 6.10 Å². The molecule has 0 aliphatic rings. The second kappa shape index (κ2) is 12.2. The molecule has 3 rings (SSSR count). The van der Waals surface area contributed by atoms with Crippen LogP contribution in [0, 0.1) is 0 Å². The van der Waals surface area contributed by atoms with E-state index in [1.807, 2.05) is 60.2 Å². The standard InChI is InChI=1S/C21H26N6O.HI/c1-2-23-21(25-11-9-19(28)18-6-4-3-5-7-18)26-15-17-8-10-24-20(14-17)27-13-12-22-16-27;/h3-8,10,12-14,16,19,28H,2,9,11,15H2,1H3,(H2,23,25,26);1H. The van der Waals surface area contributed by atoms with Gasteiger partial charge in [-0.3, -0.25) is 4.57 Å². The van der Waals surface area contributed by atoms with Crippen LogP contribution in [0.4, 0.5) is 0 Å². The van der Waals surface area contributed by atoms with Crippen molar-refractivity contribution in [2.75, 3.05) is 13.1 Å². The minimum Gasteiger partial charge on any atom is -0.388 e. The van der Waals surface area contributed by atoms with Crippen LogP contribution in [0.15, 0.2) is 72.4 Å². The molecule has 29 heavy (non-hydrogen) atoms. The van der Waals surface area contributed by atoms with E-state index >= 15 is 0 Å². The zero-order chi connectivity index (χ0) is 19.6. The molecule has 2 heterocycles. The van der Waals surface area contributed by atoms with E-state index in [0.29, 0.717) is 19.5 Å². The summed E-state index contributed by atoms with van der Waals surface area (Å²) >= 11 is 0. The van der Waals surface area contributed by atoms with Crippen molar-refractivity contribution in [3.05, 3.63) is 78.5 Å². The maximum Gasteiger partial charge on any atom is 0.191 e. The fraction of sp³-hybridized carbons (Fsp3) is 0.286. The SMILES string of the molecule is CCNC(=NCc1ccnc(-n2ccnc2)c1)NCCC(O)c1ccccc1.I. The van der Waals surface area contributed by atoms with Crippen molar-refractivity contribution in [3.63, 3.8) is 0 Å². The predicted octanol–water partition coefficient (Wildman–Crippen LogP) is 3.06. The lowest BCUT2D eigenvalue weighted by molar-refractivity contribution is 0.168. The molecule has 8 heteroatoms. The summed E-state index contributed by atoms with van der Waals surface area (Å²) in [6.45, 7) is 3.95. The topological polar surface area (TPSA) is 87.4 Å². The molecule has 7 nitrogen and oxygen atoms in total. The van der Waals surface area contributed by atoms with Crippen LogP contribution in [0.25, 0.3) is 5.82 Å². The number of aromatic nitrogens is 3. The normalized spacial score (nSPS) is 12.1. The summed E-state index contributed by atoms with van der Waals surface area (Å²) in [6.07, 6.45) is 7.20. The quantitative estimate of drug-likeness (QED) is 0.249. The zero-order valence-corrected chi connectivity index (χ0v) is 18.7. The molecule has 1 atom stereocenters. The predicted molar refractivity (Wildman–Crippen MR) is 126 cm³/mol. The maximum atomic E-state index is 10.3. The van der Waals surface area contributed by atoms with Crippen molar-refractivity contribution in [3.8, 4) is 5.82 Å². The third-order valence-electron chi connectivity index (χ3n) is 4.24. The van der Waals surface area contributed by atoms with Crippen LogP contribution in [0.3, 0.4) is 0 Å². The molecular formula is C21H27IN6O. The van der Waals surface area contributed by atoms with E-state index in [0.717, 1.165) is 29.4 Å². The van der Waals surface area contributed by atoms with Crippen molar-refractivity contribution in [1.82, 2.24) is 25.2 Å². The molecule has 0 spiro atoms. The Morgan fingerprint density at radius 1 is 1.17 bits per heavy atom. The zero-order valence-electron chi connectivity index (χ0n) is 16.4. The van der Waals surface area contributed by atoms with Crippen molar-refractivity contribution < 1.29 is 5.11 Å². The Hall–Kier alpha value is -2.46. The molecule has 154 valence electrons. The van der Waals surface area contributed by atoms with Gasteiger partial charge in [0.25, 0.3) is 0 Å². The van der Waals surface area contributed by atoms with Crippen LogP contribution < -0.4 is 10.6 Å². The molecule has 0 bridgehead atoms. The Bertz CT molecular complexity index is 870. The second-order valence-corrected chi connectivity index (χ2v) is 6.33. The molecule has 1 aromatic carbocycles. The maximum absolute atomic E-state index is 10.3. The number of rotatable bonds is 8. The lowest BCUT2D eigenvalue weighted by atomic mass is 10.1. The van der Waals surface area contributed by atoms with Crippen molar-refractivity contribution >= 4 is 29.9 Å². The lowest BCUT2D eigenvalue weighted by Gasteiger charge is -2.14. The van der Waals surface area contributed by atoms with E-state index in [2.05, 4.69) is 25.6 Å². The van der Waals surface area contributed by atoms with E-state index in [1.165, 1.54) is 0 Å². The number of hydrogen-bond acceptors (Lipinski definition) is 4. The van der Waals surface area contributed by atoms with Gasteiger partial charge >= 0.3 is 0 Å². The molecule has 3 aromatic rings. The highest BCUT2D eigenvalue weighted by atomic mass is 127. The largest absolute Gasteiger partial charge is 0.388 e. The Balaban J connectivity index is 0.00000300. The number of imidazole rings is 1. The van der Waals surface area contributed by atoms with Crippen LogP contribution in [0.2, 0.25) is 0 Å². The number of aliphatic imine (C=N–C) groups is 1. The van der Waals surface area contributed by atoms with Crippen molar-refractivity contribution in [2.45, 2.75) is 26.0 Å².